The van der Waals surface area contributed by atoms with Crippen LogP contribution in [0.3, 0.4) is 0 Å². The minimum atomic E-state index is -4.42. The van der Waals surface area contributed by atoms with Gasteiger partial charge in [-0.1, -0.05) is 12.1 Å². The van der Waals surface area contributed by atoms with Gasteiger partial charge in [0.25, 0.3) is 5.91 Å². The molecule has 3 heterocycles. The normalized spacial score (nSPS) is 16.4. The summed E-state index contributed by atoms with van der Waals surface area (Å²) in [5.41, 5.74) is 0.878. The van der Waals surface area contributed by atoms with Crippen molar-refractivity contribution in [3.63, 3.8) is 0 Å². The van der Waals surface area contributed by atoms with Crippen LogP contribution in [0.15, 0.2) is 48.7 Å². The van der Waals surface area contributed by atoms with E-state index in [2.05, 4.69) is 20.5 Å². The predicted octanol–water partition coefficient (Wildman–Crippen LogP) is 3.51. The molecular weight excluding hydrogens is 411 g/mol. The molecule has 10 heteroatoms. The lowest BCUT2D eigenvalue weighted by molar-refractivity contribution is -0.137. The molecule has 2 N–H and O–H groups in total. The second-order valence-electron chi connectivity index (χ2n) is 7.18. The number of pyridine rings is 1. The molecule has 0 bridgehead atoms. The highest BCUT2D eigenvalue weighted by Gasteiger charge is 2.31. The maximum Gasteiger partial charge on any atom is 0.417 e. The van der Waals surface area contributed by atoms with Crippen LogP contribution in [-0.2, 0) is 6.18 Å². The number of para-hydroxylation sites is 1. The molecule has 0 aliphatic carbocycles. The number of hydrogen-bond acceptors (Lipinski definition) is 5. The van der Waals surface area contributed by atoms with Crippen LogP contribution in [0.2, 0.25) is 0 Å². The first-order valence-corrected chi connectivity index (χ1v) is 9.63. The lowest BCUT2D eigenvalue weighted by Crippen LogP contribution is -2.37. The first kappa shape index (κ1) is 20.7. The Morgan fingerprint density at radius 1 is 1.26 bits per heavy atom. The van der Waals surface area contributed by atoms with E-state index in [1.807, 2.05) is 29.2 Å². The number of nitrogens with zero attached hydrogens (tertiary/aromatic N) is 3. The van der Waals surface area contributed by atoms with Crippen molar-refractivity contribution in [1.82, 2.24) is 20.5 Å². The predicted molar refractivity (Wildman–Crippen MR) is 108 cm³/mol. The summed E-state index contributed by atoms with van der Waals surface area (Å²) in [5.74, 6) is 0.794. The largest absolute Gasteiger partial charge is 0.496 e. The van der Waals surface area contributed by atoms with Crippen LogP contribution in [0, 0.1) is 0 Å². The highest BCUT2D eigenvalue weighted by Crippen LogP contribution is 2.30. The summed E-state index contributed by atoms with van der Waals surface area (Å²) in [6.07, 6.45) is -2.94. The summed E-state index contributed by atoms with van der Waals surface area (Å²) in [5, 5.41) is 9.88. The van der Waals surface area contributed by atoms with Gasteiger partial charge in [-0.2, -0.15) is 18.3 Å². The molecule has 4 rings (SSSR count). The zero-order valence-electron chi connectivity index (χ0n) is 16.6. The third kappa shape index (κ3) is 4.47. The van der Waals surface area contributed by atoms with E-state index in [-0.39, 0.29) is 11.9 Å². The Morgan fingerprint density at radius 3 is 2.77 bits per heavy atom. The van der Waals surface area contributed by atoms with Gasteiger partial charge < -0.3 is 15.0 Å². The third-order valence-electron chi connectivity index (χ3n) is 5.13. The second-order valence-corrected chi connectivity index (χ2v) is 7.18. The van der Waals surface area contributed by atoms with Gasteiger partial charge in [0.05, 0.1) is 18.4 Å². The van der Waals surface area contributed by atoms with Crippen molar-refractivity contribution in [2.45, 2.75) is 18.6 Å². The number of carbonyl (C=O) groups excluding carboxylic acids is 1. The van der Waals surface area contributed by atoms with E-state index in [0.717, 1.165) is 17.8 Å². The Morgan fingerprint density at radius 2 is 2.06 bits per heavy atom. The molecule has 1 fully saturated rings. The summed E-state index contributed by atoms with van der Waals surface area (Å²) in [7, 11) is 1.57. The number of halogens is 3. The molecule has 1 aliphatic rings. The topological polar surface area (TPSA) is 83.1 Å². The molecule has 7 nitrogen and oxygen atoms in total. The fourth-order valence-corrected chi connectivity index (χ4v) is 3.52. The number of methoxy groups -OCH3 is 1. The van der Waals surface area contributed by atoms with Crippen molar-refractivity contribution in [2.75, 3.05) is 25.1 Å². The van der Waals surface area contributed by atoms with E-state index >= 15 is 0 Å². The number of hydrogen-bond donors (Lipinski definition) is 2. The molecular formula is C21H20F3N5O2. The van der Waals surface area contributed by atoms with Gasteiger partial charge in [0.2, 0.25) is 0 Å². The molecule has 1 atom stereocenters. The number of rotatable bonds is 5. The van der Waals surface area contributed by atoms with Crippen molar-refractivity contribution in [2.24, 2.45) is 0 Å². The van der Waals surface area contributed by atoms with Gasteiger partial charge in [-0.25, -0.2) is 4.98 Å². The minimum absolute atomic E-state index is 0.158. The second kappa shape index (κ2) is 8.29. The molecule has 162 valence electrons. The summed E-state index contributed by atoms with van der Waals surface area (Å²) in [6, 6.07) is 11.2. The number of aromatic amines is 1. The zero-order chi connectivity index (χ0) is 22.0. The van der Waals surface area contributed by atoms with Crippen LogP contribution in [0.4, 0.5) is 19.0 Å². The van der Waals surface area contributed by atoms with E-state index in [1.165, 1.54) is 6.07 Å². The quantitative estimate of drug-likeness (QED) is 0.646. The molecule has 0 spiro atoms. The molecule has 0 saturated carbocycles. The molecule has 3 aromatic rings. The van der Waals surface area contributed by atoms with Gasteiger partial charge in [-0.05, 0) is 36.8 Å². The number of ether oxygens (including phenoxy) is 1. The Kier molecular flexibility index (Phi) is 5.53. The Balaban J connectivity index is 1.38. The lowest BCUT2D eigenvalue weighted by Gasteiger charge is -2.18. The van der Waals surface area contributed by atoms with Crippen LogP contribution < -0.4 is 15.0 Å². The smallest absolute Gasteiger partial charge is 0.417 e. The number of H-pyrrole nitrogens is 1. The third-order valence-corrected chi connectivity index (χ3v) is 5.13. The van der Waals surface area contributed by atoms with E-state index in [9.17, 15) is 18.0 Å². The minimum Gasteiger partial charge on any atom is -0.496 e. The number of nitrogens with one attached hydrogen (secondary N) is 2. The molecule has 1 saturated heterocycles. The maximum absolute atomic E-state index is 12.7. The molecule has 1 aliphatic heterocycles. The maximum atomic E-state index is 12.7. The number of alkyl halides is 3. The van der Waals surface area contributed by atoms with Crippen molar-refractivity contribution in [3.8, 4) is 17.0 Å². The Labute approximate surface area is 176 Å². The van der Waals surface area contributed by atoms with Gasteiger partial charge >= 0.3 is 6.18 Å². The highest BCUT2D eigenvalue weighted by atomic mass is 19.4. The van der Waals surface area contributed by atoms with Crippen molar-refractivity contribution in [1.29, 1.82) is 0 Å². The summed E-state index contributed by atoms with van der Waals surface area (Å²) in [4.78, 5) is 18.4. The molecule has 31 heavy (non-hydrogen) atoms. The van der Waals surface area contributed by atoms with E-state index < -0.39 is 11.7 Å². The van der Waals surface area contributed by atoms with Crippen LogP contribution in [0.25, 0.3) is 11.3 Å². The standard InChI is InChI=1S/C21H20F3N5O2/c1-31-18-5-3-2-4-15(18)16-10-17(28-27-16)20(30)26-14-8-9-29(12-14)19-7-6-13(11-25-19)21(22,23)24/h2-7,10-11,14H,8-9,12H2,1H3,(H,26,30)(H,27,28)/t14-/m1/s1. The average molecular weight is 431 g/mol. The summed E-state index contributed by atoms with van der Waals surface area (Å²) in [6.45, 7) is 1.04. The fourth-order valence-electron chi connectivity index (χ4n) is 3.52. The first-order valence-electron chi connectivity index (χ1n) is 9.63. The van der Waals surface area contributed by atoms with Gasteiger partial charge in [0, 0.05) is 30.9 Å². The van der Waals surface area contributed by atoms with E-state index in [4.69, 9.17) is 4.74 Å². The first-order chi connectivity index (χ1) is 14.8. The molecule has 2 aromatic heterocycles. The number of anilines is 1. The van der Waals surface area contributed by atoms with Gasteiger partial charge in [0.1, 0.15) is 17.3 Å². The number of carbonyl (C=O) groups is 1. The zero-order valence-corrected chi connectivity index (χ0v) is 16.6. The van der Waals surface area contributed by atoms with Crippen LogP contribution in [0.1, 0.15) is 22.5 Å². The summed E-state index contributed by atoms with van der Waals surface area (Å²) >= 11 is 0. The lowest BCUT2D eigenvalue weighted by atomic mass is 10.1. The van der Waals surface area contributed by atoms with Gasteiger partial charge in [0.15, 0.2) is 0 Å². The van der Waals surface area contributed by atoms with Crippen molar-refractivity contribution >= 4 is 11.7 Å². The highest BCUT2D eigenvalue weighted by molar-refractivity contribution is 5.93. The molecule has 0 unspecified atom stereocenters. The number of benzene rings is 1. The van der Waals surface area contributed by atoms with E-state index in [0.29, 0.717) is 42.5 Å². The van der Waals surface area contributed by atoms with Gasteiger partial charge in [-0.3, -0.25) is 9.89 Å². The van der Waals surface area contributed by atoms with Crippen molar-refractivity contribution < 1.29 is 22.7 Å². The van der Waals surface area contributed by atoms with Crippen molar-refractivity contribution in [3.05, 3.63) is 59.9 Å². The van der Waals surface area contributed by atoms with Crippen LogP contribution >= 0.6 is 0 Å². The van der Waals surface area contributed by atoms with Crippen LogP contribution in [-0.4, -0.2) is 47.3 Å². The molecule has 1 amide bonds. The monoisotopic (exact) mass is 431 g/mol. The van der Waals surface area contributed by atoms with E-state index in [1.54, 1.807) is 13.2 Å². The van der Waals surface area contributed by atoms with Crippen LogP contribution in [0.5, 0.6) is 5.75 Å². The molecule has 1 aromatic carbocycles. The number of amides is 1. The average Bonchev–Trinajstić information content (AvgIpc) is 3.43. The van der Waals surface area contributed by atoms with Gasteiger partial charge in [-0.15, -0.1) is 0 Å². The molecule has 0 radical (unpaired) electrons. The number of aromatic nitrogens is 3. The summed E-state index contributed by atoms with van der Waals surface area (Å²) < 4.78 is 43.4. The fraction of sp³-hybridized carbons (Fsp3) is 0.286. The Bertz CT molecular complexity index is 1070. The SMILES string of the molecule is COc1ccccc1-c1cc(C(=O)N[C@@H]2CCN(c3ccc(C(F)(F)F)cn3)C2)[nH]n1. The Hall–Kier alpha value is -3.56.